The standard InChI is InChI=1S/C16H15BrN2O4/c1-11(23-14-5-2-4-12(17)10-14)16(21)19-18-15(20)8-7-13-6-3-9-22-13/h2-11H,1H3,(H,18,20)(H,19,21)/b8-7+/t11-/m1/s1. The second kappa shape index (κ2) is 8.19. The molecule has 7 heteroatoms. The number of halogens is 1. The summed E-state index contributed by atoms with van der Waals surface area (Å²) in [5.41, 5.74) is 4.56. The van der Waals surface area contributed by atoms with Crippen molar-refractivity contribution in [2.24, 2.45) is 0 Å². The third kappa shape index (κ3) is 5.63. The van der Waals surface area contributed by atoms with Crippen molar-refractivity contribution in [3.63, 3.8) is 0 Å². The number of hydrogen-bond donors (Lipinski definition) is 2. The number of benzene rings is 1. The zero-order valence-corrected chi connectivity index (χ0v) is 13.9. The van der Waals surface area contributed by atoms with E-state index < -0.39 is 17.9 Å². The number of carbonyl (C=O) groups excluding carboxylic acids is 2. The van der Waals surface area contributed by atoms with Crippen LogP contribution in [0.4, 0.5) is 0 Å². The zero-order valence-electron chi connectivity index (χ0n) is 12.3. The van der Waals surface area contributed by atoms with Gasteiger partial charge in [-0.15, -0.1) is 0 Å². The zero-order chi connectivity index (χ0) is 16.7. The van der Waals surface area contributed by atoms with E-state index in [-0.39, 0.29) is 0 Å². The van der Waals surface area contributed by atoms with E-state index in [1.165, 1.54) is 18.4 Å². The van der Waals surface area contributed by atoms with E-state index in [9.17, 15) is 9.59 Å². The molecule has 0 spiro atoms. The van der Waals surface area contributed by atoms with Crippen LogP contribution in [0.3, 0.4) is 0 Å². The summed E-state index contributed by atoms with van der Waals surface area (Å²) in [6.45, 7) is 1.58. The van der Waals surface area contributed by atoms with Crippen LogP contribution in [-0.4, -0.2) is 17.9 Å². The van der Waals surface area contributed by atoms with Gasteiger partial charge in [-0.2, -0.15) is 0 Å². The Labute approximate surface area is 141 Å². The summed E-state index contributed by atoms with van der Waals surface area (Å²) in [4.78, 5) is 23.4. The highest BCUT2D eigenvalue weighted by molar-refractivity contribution is 9.10. The van der Waals surface area contributed by atoms with Gasteiger partial charge in [-0.1, -0.05) is 22.0 Å². The van der Waals surface area contributed by atoms with E-state index in [0.717, 1.165) is 4.47 Å². The van der Waals surface area contributed by atoms with Crippen LogP contribution in [-0.2, 0) is 9.59 Å². The molecule has 0 fully saturated rings. The lowest BCUT2D eigenvalue weighted by atomic mass is 10.3. The fraction of sp³-hybridized carbons (Fsp3) is 0.125. The molecule has 0 bridgehead atoms. The summed E-state index contributed by atoms with van der Waals surface area (Å²) in [6.07, 6.45) is 3.47. The third-order valence-electron chi connectivity index (χ3n) is 2.73. The monoisotopic (exact) mass is 378 g/mol. The minimum absolute atomic E-state index is 0.468. The normalized spacial score (nSPS) is 11.9. The second-order valence-electron chi connectivity index (χ2n) is 4.54. The van der Waals surface area contributed by atoms with Gasteiger partial charge < -0.3 is 9.15 Å². The van der Waals surface area contributed by atoms with Gasteiger partial charge in [0.1, 0.15) is 11.5 Å². The number of furan rings is 1. The topological polar surface area (TPSA) is 80.6 Å². The van der Waals surface area contributed by atoms with Gasteiger partial charge in [0.2, 0.25) is 0 Å². The average molecular weight is 379 g/mol. The Morgan fingerprint density at radius 3 is 2.78 bits per heavy atom. The molecule has 2 N–H and O–H groups in total. The highest BCUT2D eigenvalue weighted by Crippen LogP contribution is 2.18. The molecule has 1 aromatic carbocycles. The minimum atomic E-state index is -0.765. The first-order chi connectivity index (χ1) is 11.0. The number of amides is 2. The molecule has 0 saturated heterocycles. The molecule has 2 rings (SSSR count). The predicted octanol–water partition coefficient (Wildman–Crippen LogP) is 2.67. The summed E-state index contributed by atoms with van der Waals surface area (Å²) >= 11 is 3.32. The van der Waals surface area contributed by atoms with Crippen LogP contribution in [0, 0.1) is 0 Å². The molecule has 120 valence electrons. The van der Waals surface area contributed by atoms with Crippen molar-refractivity contribution < 1.29 is 18.7 Å². The first-order valence-electron chi connectivity index (χ1n) is 6.78. The number of ether oxygens (including phenoxy) is 1. The maximum Gasteiger partial charge on any atom is 0.279 e. The molecule has 0 radical (unpaired) electrons. The van der Waals surface area contributed by atoms with Crippen LogP contribution in [0.15, 0.2) is 57.6 Å². The molecule has 0 aliphatic heterocycles. The quantitative estimate of drug-likeness (QED) is 0.618. The van der Waals surface area contributed by atoms with Crippen molar-refractivity contribution in [1.29, 1.82) is 0 Å². The maximum absolute atomic E-state index is 11.9. The van der Waals surface area contributed by atoms with E-state index in [4.69, 9.17) is 9.15 Å². The van der Waals surface area contributed by atoms with Gasteiger partial charge in [0.05, 0.1) is 6.26 Å². The molecular weight excluding hydrogens is 364 g/mol. The molecule has 2 amide bonds. The van der Waals surface area contributed by atoms with Crippen molar-refractivity contribution in [3.05, 3.63) is 59.0 Å². The molecule has 0 unspecified atom stereocenters. The fourth-order valence-corrected chi connectivity index (χ4v) is 1.99. The van der Waals surface area contributed by atoms with Crippen LogP contribution in [0.5, 0.6) is 5.75 Å². The van der Waals surface area contributed by atoms with Gasteiger partial charge in [-0.25, -0.2) is 0 Å². The Bertz CT molecular complexity index is 698. The van der Waals surface area contributed by atoms with E-state index in [1.54, 1.807) is 37.3 Å². The molecule has 6 nitrogen and oxygen atoms in total. The predicted molar refractivity (Wildman–Crippen MR) is 88.3 cm³/mol. The van der Waals surface area contributed by atoms with Crippen LogP contribution < -0.4 is 15.6 Å². The molecule has 2 aromatic rings. The van der Waals surface area contributed by atoms with Crippen LogP contribution in [0.1, 0.15) is 12.7 Å². The first kappa shape index (κ1) is 16.8. The van der Waals surface area contributed by atoms with Crippen LogP contribution in [0.2, 0.25) is 0 Å². The van der Waals surface area contributed by atoms with Gasteiger partial charge >= 0.3 is 0 Å². The summed E-state index contributed by atoms with van der Waals surface area (Å²) < 4.78 is 11.4. The van der Waals surface area contributed by atoms with Gasteiger partial charge in [0.25, 0.3) is 11.8 Å². The highest BCUT2D eigenvalue weighted by Gasteiger charge is 2.15. The van der Waals surface area contributed by atoms with Crippen molar-refractivity contribution in [2.75, 3.05) is 0 Å². The lowest BCUT2D eigenvalue weighted by Gasteiger charge is -2.14. The van der Waals surface area contributed by atoms with Gasteiger partial charge in [0.15, 0.2) is 6.10 Å². The Morgan fingerprint density at radius 2 is 2.09 bits per heavy atom. The van der Waals surface area contributed by atoms with Gasteiger partial charge in [0, 0.05) is 10.5 Å². The van der Waals surface area contributed by atoms with Crippen molar-refractivity contribution in [3.8, 4) is 5.75 Å². The number of nitrogens with one attached hydrogen (secondary N) is 2. The summed E-state index contributed by atoms with van der Waals surface area (Å²) in [7, 11) is 0. The smallest absolute Gasteiger partial charge is 0.279 e. The van der Waals surface area contributed by atoms with Crippen LogP contribution in [0.25, 0.3) is 6.08 Å². The number of rotatable bonds is 5. The second-order valence-corrected chi connectivity index (χ2v) is 5.46. The number of carbonyl (C=O) groups is 2. The molecule has 0 aliphatic carbocycles. The highest BCUT2D eigenvalue weighted by atomic mass is 79.9. The average Bonchev–Trinajstić information content (AvgIpc) is 3.04. The molecule has 1 heterocycles. The molecule has 1 aromatic heterocycles. The summed E-state index contributed by atoms with van der Waals surface area (Å²) in [5, 5.41) is 0. The maximum atomic E-state index is 11.9. The van der Waals surface area contributed by atoms with Gasteiger partial charge in [-0.3, -0.25) is 20.4 Å². The van der Waals surface area contributed by atoms with Gasteiger partial charge in [-0.05, 0) is 43.3 Å². The lowest BCUT2D eigenvalue weighted by Crippen LogP contribution is -2.46. The molecule has 0 aliphatic rings. The minimum Gasteiger partial charge on any atom is -0.481 e. The summed E-state index contributed by atoms with van der Waals surface area (Å²) in [6, 6.07) is 10.5. The molecular formula is C16H15BrN2O4. The Hall–Kier alpha value is -2.54. The Morgan fingerprint density at radius 1 is 1.26 bits per heavy atom. The number of hydrogen-bond acceptors (Lipinski definition) is 4. The first-order valence-corrected chi connectivity index (χ1v) is 7.57. The molecule has 1 atom stereocenters. The van der Waals surface area contributed by atoms with Crippen molar-refractivity contribution in [1.82, 2.24) is 10.9 Å². The SMILES string of the molecule is C[C@@H](Oc1cccc(Br)c1)C(=O)NNC(=O)/C=C/c1ccco1. The Kier molecular flexibility index (Phi) is 5.99. The fourth-order valence-electron chi connectivity index (χ4n) is 1.61. The van der Waals surface area contributed by atoms with E-state index >= 15 is 0 Å². The van der Waals surface area contributed by atoms with Crippen LogP contribution >= 0.6 is 15.9 Å². The third-order valence-corrected chi connectivity index (χ3v) is 3.22. The van der Waals surface area contributed by atoms with E-state index in [0.29, 0.717) is 11.5 Å². The Balaban J connectivity index is 1.78. The largest absolute Gasteiger partial charge is 0.481 e. The number of hydrazine groups is 1. The molecule has 23 heavy (non-hydrogen) atoms. The van der Waals surface area contributed by atoms with E-state index in [2.05, 4.69) is 26.8 Å². The summed E-state index contributed by atoms with van der Waals surface area (Å²) in [5.74, 6) is 0.137. The van der Waals surface area contributed by atoms with Crippen molar-refractivity contribution >= 4 is 33.8 Å². The van der Waals surface area contributed by atoms with Crippen molar-refractivity contribution in [2.45, 2.75) is 13.0 Å². The van der Waals surface area contributed by atoms with E-state index in [1.807, 2.05) is 6.07 Å². The lowest BCUT2D eigenvalue weighted by molar-refractivity contribution is -0.131. The molecule has 0 saturated carbocycles.